The summed E-state index contributed by atoms with van der Waals surface area (Å²) >= 11 is 0. The van der Waals surface area contributed by atoms with Gasteiger partial charge in [0, 0.05) is 24.0 Å². The summed E-state index contributed by atoms with van der Waals surface area (Å²) in [5.41, 5.74) is -0.0993. The number of carboxylic acid groups (broad SMARTS) is 1. The average molecular weight is 525 g/mol. The first kappa shape index (κ1) is 27.2. The number of rotatable bonds is 4. The maximum absolute atomic E-state index is 13.4. The number of nitrogens with one attached hydrogen (secondary N) is 3. The number of nitrogens with zero attached hydrogens (tertiary/aromatic N) is 1. The largest absolute Gasteiger partial charge is 0.508 e. The molecule has 0 aromatic heterocycles. The molecule has 12 heteroatoms. The monoisotopic (exact) mass is 524 g/mol. The Labute approximate surface area is 212 Å². The van der Waals surface area contributed by atoms with Gasteiger partial charge in [-0.25, -0.2) is 4.79 Å². The highest BCUT2D eigenvalue weighted by molar-refractivity contribution is 8.76. The van der Waals surface area contributed by atoms with E-state index in [2.05, 4.69) is 16.0 Å². The van der Waals surface area contributed by atoms with E-state index in [0.29, 0.717) is 6.54 Å². The van der Waals surface area contributed by atoms with Gasteiger partial charge in [-0.15, -0.1) is 0 Å². The normalized spacial score (nSPS) is 28.2. The number of aliphatic carboxylic acids is 1. The fourth-order valence-electron chi connectivity index (χ4n) is 4.11. The second-order valence-electron chi connectivity index (χ2n) is 9.51. The third kappa shape index (κ3) is 6.83. The van der Waals surface area contributed by atoms with Crippen LogP contribution in [0.15, 0.2) is 24.3 Å². The van der Waals surface area contributed by atoms with Gasteiger partial charge in [0.25, 0.3) is 0 Å². The van der Waals surface area contributed by atoms with Crippen molar-refractivity contribution in [3.8, 4) is 5.75 Å². The number of carbonyl (C=O) groups is 4. The van der Waals surface area contributed by atoms with Crippen molar-refractivity contribution in [1.82, 2.24) is 20.9 Å². The van der Waals surface area contributed by atoms with E-state index in [1.807, 2.05) is 11.9 Å². The molecule has 0 spiro atoms. The topological polar surface area (TPSA) is 148 Å². The highest BCUT2D eigenvalue weighted by atomic mass is 33.1. The fourth-order valence-corrected chi connectivity index (χ4v) is 6.43. The van der Waals surface area contributed by atoms with Crippen molar-refractivity contribution >= 4 is 45.3 Å². The Morgan fingerprint density at radius 1 is 1.14 bits per heavy atom. The van der Waals surface area contributed by atoms with Gasteiger partial charge < -0.3 is 26.2 Å². The van der Waals surface area contributed by atoms with Crippen LogP contribution in [0.2, 0.25) is 0 Å². The smallest absolute Gasteiger partial charge is 0.327 e. The minimum atomic E-state index is -1.13. The number of phenolic OH excluding ortho intramolecular Hbond substituents is 1. The zero-order chi connectivity index (χ0) is 25.8. The summed E-state index contributed by atoms with van der Waals surface area (Å²) in [6, 6.07) is 4.42. The van der Waals surface area contributed by atoms with Gasteiger partial charge >= 0.3 is 5.97 Å². The summed E-state index contributed by atoms with van der Waals surface area (Å²) in [7, 11) is 4.36. The second kappa shape index (κ2) is 11.5. The quantitative estimate of drug-likeness (QED) is 0.360. The lowest BCUT2D eigenvalue weighted by molar-refractivity contribution is -0.142. The van der Waals surface area contributed by atoms with E-state index in [4.69, 9.17) is 0 Å². The molecule has 3 amide bonds. The predicted octanol–water partition coefficient (Wildman–Crippen LogP) is 0.772. The average Bonchev–Trinajstić information content (AvgIpc) is 3.19. The van der Waals surface area contributed by atoms with Gasteiger partial charge in [-0.1, -0.05) is 33.7 Å². The molecular formula is C23H32N4O6S2. The molecule has 2 fully saturated rings. The van der Waals surface area contributed by atoms with Crippen LogP contribution in [0.3, 0.4) is 0 Å². The highest BCUT2D eigenvalue weighted by Gasteiger charge is 2.40. The van der Waals surface area contributed by atoms with Crippen molar-refractivity contribution < 1.29 is 29.4 Å². The summed E-state index contributed by atoms with van der Waals surface area (Å²) in [5, 5.41) is 27.2. The first-order valence-corrected chi connectivity index (χ1v) is 13.8. The Kier molecular flexibility index (Phi) is 8.94. The minimum absolute atomic E-state index is 0.00630. The van der Waals surface area contributed by atoms with Crippen molar-refractivity contribution in [3.05, 3.63) is 29.8 Å². The van der Waals surface area contributed by atoms with Crippen LogP contribution in [0.4, 0.5) is 0 Å². The molecule has 0 radical (unpaired) electrons. The molecule has 2 heterocycles. The molecule has 4 atom stereocenters. The van der Waals surface area contributed by atoms with E-state index in [9.17, 15) is 29.4 Å². The van der Waals surface area contributed by atoms with Crippen LogP contribution in [0.5, 0.6) is 5.75 Å². The van der Waals surface area contributed by atoms with Gasteiger partial charge in [0.05, 0.1) is 11.5 Å². The zero-order valence-electron chi connectivity index (χ0n) is 19.9. The first-order valence-electron chi connectivity index (χ1n) is 11.3. The predicted molar refractivity (Wildman–Crippen MR) is 135 cm³/mol. The fraction of sp³-hybridized carbons (Fsp3) is 0.565. The Morgan fingerprint density at radius 2 is 1.80 bits per heavy atom. The van der Waals surface area contributed by atoms with Crippen LogP contribution in [-0.4, -0.2) is 88.6 Å². The van der Waals surface area contributed by atoms with E-state index >= 15 is 0 Å². The van der Waals surface area contributed by atoms with Crippen LogP contribution in [0.1, 0.15) is 31.7 Å². The zero-order valence-corrected chi connectivity index (χ0v) is 21.6. The lowest BCUT2D eigenvalue weighted by atomic mass is 9.91. The van der Waals surface area contributed by atoms with Crippen molar-refractivity contribution in [1.29, 1.82) is 0 Å². The van der Waals surface area contributed by atoms with Gasteiger partial charge in [0.2, 0.25) is 17.7 Å². The van der Waals surface area contributed by atoms with E-state index in [1.54, 1.807) is 38.1 Å². The molecule has 0 saturated carbocycles. The van der Waals surface area contributed by atoms with Crippen LogP contribution < -0.4 is 16.0 Å². The third-order valence-electron chi connectivity index (χ3n) is 6.35. The number of likely N-dealkylation sites (tertiary alicyclic amines) is 1. The third-order valence-corrected chi connectivity index (χ3v) is 8.77. The first-order chi connectivity index (χ1) is 16.5. The van der Waals surface area contributed by atoms with Crippen LogP contribution in [-0.2, 0) is 19.2 Å². The maximum atomic E-state index is 13.4. The van der Waals surface area contributed by atoms with Crippen molar-refractivity contribution in [2.24, 2.45) is 5.41 Å². The van der Waals surface area contributed by atoms with E-state index in [-0.39, 0.29) is 35.6 Å². The van der Waals surface area contributed by atoms with Gasteiger partial charge in [0.15, 0.2) is 0 Å². The number of benzene rings is 1. The van der Waals surface area contributed by atoms with Gasteiger partial charge in [-0.3, -0.25) is 19.3 Å². The lowest BCUT2D eigenvalue weighted by Gasteiger charge is -2.30. The van der Waals surface area contributed by atoms with E-state index < -0.39 is 41.3 Å². The molecular weight excluding hydrogens is 492 g/mol. The molecule has 192 valence electrons. The van der Waals surface area contributed by atoms with Crippen molar-refractivity contribution in [2.45, 2.75) is 44.3 Å². The van der Waals surface area contributed by atoms with Crippen LogP contribution in [0.25, 0.3) is 0 Å². The number of hydrogen-bond donors (Lipinski definition) is 5. The summed E-state index contributed by atoms with van der Waals surface area (Å²) in [5.74, 6) is -1.84. The lowest BCUT2D eigenvalue weighted by Crippen LogP contribution is -2.56. The Bertz CT molecular complexity index is 958. The van der Waals surface area contributed by atoms with E-state index in [0.717, 1.165) is 12.0 Å². The molecule has 2 aliphatic heterocycles. The number of aromatic hydroxyl groups is 1. The molecule has 0 bridgehead atoms. The molecule has 0 aliphatic carbocycles. The summed E-state index contributed by atoms with van der Waals surface area (Å²) < 4.78 is 0. The summed E-state index contributed by atoms with van der Waals surface area (Å²) in [6.45, 7) is 3.95. The Hall–Kier alpha value is -2.44. The number of carboxylic acids is 1. The van der Waals surface area contributed by atoms with Gasteiger partial charge in [0.1, 0.15) is 17.8 Å². The SMILES string of the molecule is CN1CCC(c2ccc(O)cc2)C1C(=O)NC1CSSCC(C(=O)O)NC(=O)C(C)(C)CNC1=O. The Morgan fingerprint density at radius 3 is 2.46 bits per heavy atom. The number of phenols is 1. The summed E-state index contributed by atoms with van der Waals surface area (Å²) in [6.07, 6.45) is 0.765. The molecule has 35 heavy (non-hydrogen) atoms. The standard InChI is InChI=1S/C23H32N4O6S2/c1-23(2)12-24-19(29)16(10-34-35-11-17(21(31)32)26-22(23)33)25-20(30)18-15(8-9-27(18)3)13-4-6-14(28)7-5-13/h4-7,15-18,28H,8-12H2,1-3H3,(H,24,29)(H,25,30)(H,26,33)(H,31,32). The van der Waals surface area contributed by atoms with Gasteiger partial charge in [-0.05, 0) is 51.6 Å². The molecule has 4 unspecified atom stereocenters. The number of carbonyl (C=O) groups excluding carboxylic acids is 3. The van der Waals surface area contributed by atoms with Crippen molar-refractivity contribution in [3.63, 3.8) is 0 Å². The number of hydrogen-bond acceptors (Lipinski definition) is 8. The van der Waals surface area contributed by atoms with Gasteiger partial charge in [-0.2, -0.15) is 0 Å². The van der Waals surface area contributed by atoms with Crippen LogP contribution in [0, 0.1) is 5.41 Å². The Balaban J connectivity index is 1.74. The molecule has 2 saturated heterocycles. The molecule has 5 N–H and O–H groups in total. The van der Waals surface area contributed by atoms with Crippen LogP contribution >= 0.6 is 21.6 Å². The van der Waals surface area contributed by atoms with Crippen molar-refractivity contribution in [2.75, 3.05) is 31.6 Å². The molecule has 1 aromatic carbocycles. The van der Waals surface area contributed by atoms with E-state index in [1.165, 1.54) is 21.6 Å². The molecule has 2 aliphatic rings. The second-order valence-corrected chi connectivity index (χ2v) is 12.1. The number of likely N-dealkylation sites (N-methyl/N-ethyl adjacent to an activating group) is 1. The molecule has 10 nitrogen and oxygen atoms in total. The summed E-state index contributed by atoms with van der Waals surface area (Å²) in [4.78, 5) is 52.5. The molecule has 1 aromatic rings. The minimum Gasteiger partial charge on any atom is -0.508 e. The highest BCUT2D eigenvalue weighted by Crippen LogP contribution is 2.34. The maximum Gasteiger partial charge on any atom is 0.327 e. The number of amides is 3. The molecule has 3 rings (SSSR count).